The van der Waals surface area contributed by atoms with Gasteiger partial charge in [-0.15, -0.1) is 0 Å². The molecule has 0 spiro atoms. The van der Waals surface area contributed by atoms with Gasteiger partial charge in [0.15, 0.2) is 11.4 Å². The molecule has 2 aromatic carbocycles. The third-order valence-corrected chi connectivity index (χ3v) is 4.49. The zero-order valence-electron chi connectivity index (χ0n) is 15.3. The van der Waals surface area contributed by atoms with Crippen molar-refractivity contribution in [1.29, 1.82) is 0 Å². The average molecular weight is 349 g/mol. The summed E-state index contributed by atoms with van der Waals surface area (Å²) in [5.41, 5.74) is 3.11. The number of carbonyl (C=O) groups is 1. The Bertz CT molecular complexity index is 870. The Morgan fingerprint density at radius 2 is 1.85 bits per heavy atom. The Balaban J connectivity index is 1.80. The van der Waals surface area contributed by atoms with Gasteiger partial charge in [-0.2, -0.15) is 5.10 Å². The number of ether oxygens (including phenoxy) is 1. The van der Waals surface area contributed by atoms with Crippen molar-refractivity contribution in [2.75, 3.05) is 12.4 Å². The van der Waals surface area contributed by atoms with Crippen LogP contribution >= 0.6 is 0 Å². The first-order chi connectivity index (χ1) is 12.6. The molecule has 1 N–H and O–H groups in total. The highest BCUT2D eigenvalue weighted by molar-refractivity contribution is 6.04. The number of methoxy groups -OCH3 is 1. The van der Waals surface area contributed by atoms with Gasteiger partial charge < -0.3 is 10.1 Å². The van der Waals surface area contributed by atoms with Gasteiger partial charge in [0.25, 0.3) is 5.91 Å². The largest absolute Gasteiger partial charge is 0.493 e. The quantitative estimate of drug-likeness (QED) is 0.705. The van der Waals surface area contributed by atoms with E-state index in [0.29, 0.717) is 11.7 Å². The van der Waals surface area contributed by atoms with Gasteiger partial charge in [-0.25, -0.2) is 4.68 Å². The monoisotopic (exact) mass is 349 g/mol. The molecule has 0 bridgehead atoms. The predicted octanol–water partition coefficient (Wildman–Crippen LogP) is 4.65. The number of amides is 1. The molecule has 0 fully saturated rings. The summed E-state index contributed by atoms with van der Waals surface area (Å²) in [7, 11) is 1.53. The van der Waals surface area contributed by atoms with Crippen LogP contribution in [0, 0.1) is 0 Å². The fourth-order valence-electron chi connectivity index (χ4n) is 2.70. The van der Waals surface area contributed by atoms with Crippen molar-refractivity contribution >= 4 is 11.6 Å². The molecule has 0 aliphatic carbocycles. The van der Waals surface area contributed by atoms with E-state index in [0.717, 1.165) is 17.8 Å². The minimum atomic E-state index is -0.298. The molecular weight excluding hydrogens is 326 g/mol. The van der Waals surface area contributed by atoms with Crippen molar-refractivity contribution in [3.63, 3.8) is 0 Å². The fourth-order valence-corrected chi connectivity index (χ4v) is 2.70. The number of carbonyl (C=O) groups excluding carboxylic acids is 1. The van der Waals surface area contributed by atoms with Crippen molar-refractivity contribution in [3.05, 3.63) is 72.1 Å². The van der Waals surface area contributed by atoms with E-state index in [1.54, 1.807) is 10.9 Å². The van der Waals surface area contributed by atoms with Gasteiger partial charge in [0.2, 0.25) is 0 Å². The first-order valence-corrected chi connectivity index (χ1v) is 8.72. The second-order valence-corrected chi connectivity index (χ2v) is 6.21. The van der Waals surface area contributed by atoms with E-state index in [4.69, 9.17) is 4.74 Å². The molecule has 1 unspecified atom stereocenters. The number of para-hydroxylation sites is 1. The lowest BCUT2D eigenvalue weighted by molar-refractivity contribution is 0.101. The van der Waals surface area contributed by atoms with Gasteiger partial charge >= 0.3 is 0 Å². The summed E-state index contributed by atoms with van der Waals surface area (Å²) in [5.74, 6) is 0.636. The van der Waals surface area contributed by atoms with E-state index in [-0.39, 0.29) is 11.6 Å². The molecule has 1 amide bonds. The molecule has 1 atom stereocenters. The van der Waals surface area contributed by atoms with Crippen LogP contribution in [-0.4, -0.2) is 22.8 Å². The van der Waals surface area contributed by atoms with Crippen LogP contribution in [0.5, 0.6) is 5.75 Å². The molecule has 134 valence electrons. The molecule has 0 radical (unpaired) electrons. The predicted molar refractivity (Wildman–Crippen MR) is 103 cm³/mol. The van der Waals surface area contributed by atoms with Crippen molar-refractivity contribution < 1.29 is 9.53 Å². The lowest BCUT2D eigenvalue weighted by Crippen LogP contribution is -2.14. The van der Waals surface area contributed by atoms with Crippen LogP contribution in [0.4, 0.5) is 5.69 Å². The molecule has 0 aliphatic heterocycles. The van der Waals surface area contributed by atoms with E-state index in [9.17, 15) is 4.79 Å². The van der Waals surface area contributed by atoms with E-state index >= 15 is 0 Å². The Morgan fingerprint density at radius 1 is 1.15 bits per heavy atom. The zero-order valence-corrected chi connectivity index (χ0v) is 15.3. The number of hydrogen-bond donors (Lipinski definition) is 1. The van der Waals surface area contributed by atoms with Gasteiger partial charge in [0.1, 0.15) is 0 Å². The number of nitrogens with zero attached hydrogens (tertiary/aromatic N) is 2. The number of hydrogen-bond acceptors (Lipinski definition) is 3. The van der Waals surface area contributed by atoms with E-state index in [1.807, 2.05) is 54.6 Å². The van der Waals surface area contributed by atoms with Gasteiger partial charge in [-0.1, -0.05) is 44.2 Å². The van der Waals surface area contributed by atoms with Crippen molar-refractivity contribution in [2.24, 2.45) is 0 Å². The molecule has 0 saturated heterocycles. The third kappa shape index (κ3) is 3.77. The van der Waals surface area contributed by atoms with Crippen molar-refractivity contribution in [1.82, 2.24) is 9.78 Å². The number of anilines is 1. The van der Waals surface area contributed by atoms with Crippen LogP contribution in [0.25, 0.3) is 5.69 Å². The van der Waals surface area contributed by atoms with Crippen LogP contribution in [0.1, 0.15) is 42.2 Å². The highest BCUT2D eigenvalue weighted by Gasteiger charge is 2.18. The standard InChI is InChI=1S/C21H23N3O2/c1-4-15(2)16-10-12-17(13-11-16)22-21(25)20-19(26-3)14-24(23-20)18-8-6-5-7-9-18/h5-15H,4H2,1-3H3,(H,22,25). The normalized spacial score (nSPS) is 11.8. The van der Waals surface area contributed by atoms with Crippen LogP contribution in [0.2, 0.25) is 0 Å². The number of rotatable bonds is 6. The summed E-state index contributed by atoms with van der Waals surface area (Å²) in [4.78, 5) is 12.6. The molecule has 26 heavy (non-hydrogen) atoms. The van der Waals surface area contributed by atoms with E-state index in [2.05, 4.69) is 24.3 Å². The molecule has 3 aromatic rings. The molecule has 5 heteroatoms. The lowest BCUT2D eigenvalue weighted by Gasteiger charge is -2.10. The first kappa shape index (κ1) is 17.7. The van der Waals surface area contributed by atoms with Crippen LogP contribution in [-0.2, 0) is 0 Å². The van der Waals surface area contributed by atoms with Gasteiger partial charge in [-0.05, 0) is 42.2 Å². The number of aromatic nitrogens is 2. The van der Waals surface area contributed by atoms with Crippen molar-refractivity contribution in [2.45, 2.75) is 26.2 Å². The SMILES string of the molecule is CCC(C)c1ccc(NC(=O)c2nn(-c3ccccc3)cc2OC)cc1. The van der Waals surface area contributed by atoms with Gasteiger partial charge in [0.05, 0.1) is 19.0 Å². The van der Waals surface area contributed by atoms with Crippen LogP contribution in [0.3, 0.4) is 0 Å². The summed E-state index contributed by atoms with van der Waals surface area (Å²) in [6, 6.07) is 17.5. The Labute approximate surface area is 153 Å². The van der Waals surface area contributed by atoms with E-state index in [1.165, 1.54) is 12.7 Å². The van der Waals surface area contributed by atoms with E-state index < -0.39 is 0 Å². The second kappa shape index (κ2) is 7.87. The second-order valence-electron chi connectivity index (χ2n) is 6.21. The van der Waals surface area contributed by atoms with Gasteiger partial charge in [0, 0.05) is 5.69 Å². The summed E-state index contributed by atoms with van der Waals surface area (Å²) in [5, 5.41) is 7.27. The average Bonchev–Trinajstić information content (AvgIpc) is 3.13. The number of benzene rings is 2. The topological polar surface area (TPSA) is 56.2 Å². The maximum Gasteiger partial charge on any atom is 0.280 e. The molecule has 0 aliphatic rings. The van der Waals surface area contributed by atoms with Gasteiger partial charge in [-0.3, -0.25) is 4.79 Å². The molecular formula is C21H23N3O2. The smallest absolute Gasteiger partial charge is 0.280 e. The lowest BCUT2D eigenvalue weighted by atomic mass is 9.99. The summed E-state index contributed by atoms with van der Waals surface area (Å²) < 4.78 is 6.97. The summed E-state index contributed by atoms with van der Waals surface area (Å²) in [6.07, 6.45) is 2.79. The molecule has 3 rings (SSSR count). The summed E-state index contributed by atoms with van der Waals surface area (Å²) >= 11 is 0. The van der Waals surface area contributed by atoms with Crippen molar-refractivity contribution in [3.8, 4) is 11.4 Å². The number of nitrogens with one attached hydrogen (secondary N) is 1. The Morgan fingerprint density at radius 3 is 2.46 bits per heavy atom. The highest BCUT2D eigenvalue weighted by Crippen LogP contribution is 2.23. The third-order valence-electron chi connectivity index (χ3n) is 4.49. The Hall–Kier alpha value is -3.08. The van der Waals surface area contributed by atoms with Crippen LogP contribution < -0.4 is 10.1 Å². The summed E-state index contributed by atoms with van der Waals surface area (Å²) in [6.45, 7) is 4.35. The zero-order chi connectivity index (χ0) is 18.5. The maximum atomic E-state index is 12.6. The van der Waals surface area contributed by atoms with Crippen LogP contribution in [0.15, 0.2) is 60.8 Å². The molecule has 0 saturated carbocycles. The minimum absolute atomic E-state index is 0.252. The highest BCUT2D eigenvalue weighted by atomic mass is 16.5. The molecule has 5 nitrogen and oxygen atoms in total. The minimum Gasteiger partial charge on any atom is -0.493 e. The fraction of sp³-hybridized carbons (Fsp3) is 0.238. The Kier molecular flexibility index (Phi) is 5.37. The molecule has 1 heterocycles. The first-order valence-electron chi connectivity index (χ1n) is 8.72. The molecule has 1 aromatic heterocycles. The maximum absolute atomic E-state index is 12.6.